The van der Waals surface area contributed by atoms with Gasteiger partial charge in [0.2, 0.25) is 0 Å². The second-order valence-corrected chi connectivity index (χ2v) is 3.18. The van der Waals surface area contributed by atoms with Gasteiger partial charge in [0.05, 0.1) is 19.3 Å². The van der Waals surface area contributed by atoms with Crippen molar-refractivity contribution < 1.29 is 19.4 Å². The minimum atomic E-state index is -0.439. The van der Waals surface area contributed by atoms with Crippen LogP contribution in [0.3, 0.4) is 0 Å². The molecule has 5 heteroatoms. The molecule has 0 radical (unpaired) electrons. The standard InChI is InChI=1S/C9H19NO4/c1-8(2)13-6-4-10(3)9(12)14-7-5-11/h8,11H,4-7H2,1-3H3. The fourth-order valence-electron chi connectivity index (χ4n) is 0.760. The van der Waals surface area contributed by atoms with Gasteiger partial charge >= 0.3 is 6.09 Å². The summed E-state index contributed by atoms with van der Waals surface area (Å²) >= 11 is 0. The van der Waals surface area contributed by atoms with Gasteiger partial charge in [-0.25, -0.2) is 4.79 Å². The summed E-state index contributed by atoms with van der Waals surface area (Å²) in [4.78, 5) is 12.5. The molecule has 0 aliphatic carbocycles. The zero-order chi connectivity index (χ0) is 11.0. The van der Waals surface area contributed by atoms with Gasteiger partial charge in [0.15, 0.2) is 0 Å². The van der Waals surface area contributed by atoms with Crippen LogP contribution in [0.25, 0.3) is 0 Å². The number of carbonyl (C=O) groups excluding carboxylic acids is 1. The van der Waals surface area contributed by atoms with Crippen molar-refractivity contribution in [3.05, 3.63) is 0 Å². The Kier molecular flexibility index (Phi) is 7.14. The van der Waals surface area contributed by atoms with Crippen LogP contribution in [0.1, 0.15) is 13.8 Å². The molecule has 0 heterocycles. The first-order valence-electron chi connectivity index (χ1n) is 4.68. The van der Waals surface area contributed by atoms with Crippen molar-refractivity contribution in [1.29, 1.82) is 0 Å². The highest BCUT2D eigenvalue weighted by Gasteiger charge is 2.08. The van der Waals surface area contributed by atoms with E-state index in [0.29, 0.717) is 13.2 Å². The van der Waals surface area contributed by atoms with Gasteiger partial charge in [0.25, 0.3) is 0 Å². The predicted octanol–water partition coefficient (Wildman–Crippen LogP) is 0.472. The number of ether oxygens (including phenoxy) is 2. The molecule has 0 aromatic heterocycles. The summed E-state index contributed by atoms with van der Waals surface area (Å²) in [5.41, 5.74) is 0. The largest absolute Gasteiger partial charge is 0.447 e. The number of hydrogen-bond acceptors (Lipinski definition) is 4. The van der Waals surface area contributed by atoms with Crippen LogP contribution in [0, 0.1) is 0 Å². The van der Waals surface area contributed by atoms with E-state index >= 15 is 0 Å². The molecule has 5 nitrogen and oxygen atoms in total. The van der Waals surface area contributed by atoms with Crippen LogP contribution in [0.2, 0.25) is 0 Å². The Labute approximate surface area is 84.6 Å². The van der Waals surface area contributed by atoms with Gasteiger partial charge in [-0.15, -0.1) is 0 Å². The number of amides is 1. The highest BCUT2D eigenvalue weighted by Crippen LogP contribution is 1.92. The van der Waals surface area contributed by atoms with E-state index in [-0.39, 0.29) is 19.3 Å². The quantitative estimate of drug-likeness (QED) is 0.685. The molecule has 0 fully saturated rings. The fourth-order valence-corrected chi connectivity index (χ4v) is 0.760. The van der Waals surface area contributed by atoms with Crippen LogP contribution in [0.5, 0.6) is 0 Å². The Balaban J connectivity index is 3.51. The van der Waals surface area contributed by atoms with E-state index in [0.717, 1.165) is 0 Å². The zero-order valence-corrected chi connectivity index (χ0v) is 9.02. The summed E-state index contributed by atoms with van der Waals surface area (Å²) in [5.74, 6) is 0. The Bertz CT molecular complexity index is 161. The Morgan fingerprint density at radius 2 is 2.07 bits per heavy atom. The lowest BCUT2D eigenvalue weighted by Crippen LogP contribution is -2.31. The van der Waals surface area contributed by atoms with E-state index in [9.17, 15) is 4.79 Å². The molecule has 14 heavy (non-hydrogen) atoms. The SMILES string of the molecule is CC(C)OCCN(C)C(=O)OCCO. The first kappa shape index (κ1) is 13.2. The number of hydrogen-bond donors (Lipinski definition) is 1. The van der Waals surface area contributed by atoms with Crippen LogP contribution in [0.15, 0.2) is 0 Å². The maximum atomic E-state index is 11.1. The van der Waals surface area contributed by atoms with E-state index in [2.05, 4.69) is 0 Å². The van der Waals surface area contributed by atoms with Crippen LogP contribution in [-0.2, 0) is 9.47 Å². The van der Waals surface area contributed by atoms with Gasteiger partial charge in [0, 0.05) is 13.6 Å². The van der Waals surface area contributed by atoms with Gasteiger partial charge in [-0.3, -0.25) is 0 Å². The molecule has 1 N–H and O–H groups in total. The van der Waals surface area contributed by atoms with E-state index in [1.54, 1.807) is 7.05 Å². The predicted molar refractivity (Wildman–Crippen MR) is 52.2 cm³/mol. The molecule has 84 valence electrons. The summed E-state index contributed by atoms with van der Waals surface area (Å²) < 4.78 is 9.96. The number of aliphatic hydroxyl groups excluding tert-OH is 1. The molecular formula is C9H19NO4. The number of rotatable bonds is 6. The Morgan fingerprint density at radius 3 is 2.57 bits per heavy atom. The van der Waals surface area contributed by atoms with Crippen LogP contribution >= 0.6 is 0 Å². The highest BCUT2D eigenvalue weighted by atomic mass is 16.6. The zero-order valence-electron chi connectivity index (χ0n) is 9.02. The average molecular weight is 205 g/mol. The Hall–Kier alpha value is -0.810. The number of carbonyl (C=O) groups is 1. The van der Waals surface area contributed by atoms with Crippen LogP contribution in [-0.4, -0.2) is 55.6 Å². The van der Waals surface area contributed by atoms with Gasteiger partial charge in [-0.2, -0.15) is 0 Å². The molecular weight excluding hydrogens is 186 g/mol. The monoisotopic (exact) mass is 205 g/mol. The molecule has 0 atom stereocenters. The molecule has 0 saturated carbocycles. The molecule has 0 aliphatic heterocycles. The fraction of sp³-hybridized carbons (Fsp3) is 0.889. The second kappa shape index (κ2) is 7.58. The van der Waals surface area contributed by atoms with Crippen LogP contribution < -0.4 is 0 Å². The summed E-state index contributed by atoms with van der Waals surface area (Å²) in [6, 6.07) is 0. The van der Waals surface area contributed by atoms with Crippen molar-refractivity contribution in [2.24, 2.45) is 0 Å². The van der Waals surface area contributed by atoms with Crippen molar-refractivity contribution in [3.63, 3.8) is 0 Å². The van der Waals surface area contributed by atoms with E-state index < -0.39 is 6.09 Å². The summed E-state index contributed by atoms with van der Waals surface area (Å²) in [5, 5.41) is 8.43. The van der Waals surface area contributed by atoms with Crippen molar-refractivity contribution >= 4 is 6.09 Å². The lowest BCUT2D eigenvalue weighted by atomic mass is 10.5. The first-order valence-corrected chi connectivity index (χ1v) is 4.68. The van der Waals surface area contributed by atoms with Gasteiger partial charge in [-0.05, 0) is 13.8 Å². The van der Waals surface area contributed by atoms with Crippen molar-refractivity contribution in [1.82, 2.24) is 4.90 Å². The molecule has 0 saturated heterocycles. The molecule has 0 spiro atoms. The van der Waals surface area contributed by atoms with Crippen molar-refractivity contribution in [2.45, 2.75) is 20.0 Å². The Morgan fingerprint density at radius 1 is 1.43 bits per heavy atom. The third-order valence-corrected chi connectivity index (χ3v) is 1.51. The molecule has 0 bridgehead atoms. The number of nitrogens with zero attached hydrogens (tertiary/aromatic N) is 1. The molecule has 0 aliphatic rings. The molecule has 0 rings (SSSR count). The molecule has 0 aromatic carbocycles. The third-order valence-electron chi connectivity index (χ3n) is 1.51. The lowest BCUT2D eigenvalue weighted by molar-refractivity contribution is 0.0514. The van der Waals surface area contributed by atoms with E-state index in [1.807, 2.05) is 13.8 Å². The second-order valence-electron chi connectivity index (χ2n) is 3.18. The minimum Gasteiger partial charge on any atom is -0.447 e. The lowest BCUT2D eigenvalue weighted by Gasteiger charge is -2.17. The van der Waals surface area contributed by atoms with Crippen molar-refractivity contribution in [2.75, 3.05) is 33.4 Å². The number of aliphatic hydroxyl groups is 1. The molecule has 0 unspecified atom stereocenters. The topological polar surface area (TPSA) is 59.0 Å². The van der Waals surface area contributed by atoms with Gasteiger partial charge in [0.1, 0.15) is 6.61 Å². The van der Waals surface area contributed by atoms with Crippen molar-refractivity contribution in [3.8, 4) is 0 Å². The normalized spacial score (nSPS) is 10.4. The van der Waals surface area contributed by atoms with Crippen LogP contribution in [0.4, 0.5) is 4.79 Å². The third kappa shape index (κ3) is 6.68. The molecule has 1 amide bonds. The number of likely N-dealkylation sites (N-methyl/N-ethyl adjacent to an activating group) is 1. The summed E-state index contributed by atoms with van der Waals surface area (Å²) in [6.45, 7) is 4.73. The molecule has 0 aromatic rings. The van der Waals surface area contributed by atoms with E-state index in [4.69, 9.17) is 14.6 Å². The minimum absolute atomic E-state index is 0.0359. The van der Waals surface area contributed by atoms with Gasteiger partial charge < -0.3 is 19.5 Å². The van der Waals surface area contributed by atoms with Gasteiger partial charge in [-0.1, -0.05) is 0 Å². The maximum absolute atomic E-state index is 11.1. The highest BCUT2D eigenvalue weighted by molar-refractivity contribution is 5.67. The summed E-state index contributed by atoms with van der Waals surface area (Å²) in [7, 11) is 1.63. The summed E-state index contributed by atoms with van der Waals surface area (Å²) in [6.07, 6.45) is -0.275. The average Bonchev–Trinajstić information content (AvgIpc) is 2.13. The smallest absolute Gasteiger partial charge is 0.409 e. The maximum Gasteiger partial charge on any atom is 0.409 e. The first-order chi connectivity index (χ1) is 6.57. The van der Waals surface area contributed by atoms with E-state index in [1.165, 1.54) is 4.90 Å².